The Kier molecular flexibility index (Phi) is 9.39. The van der Waals surface area contributed by atoms with Crippen LogP contribution in [-0.4, -0.2) is 38.2 Å². The van der Waals surface area contributed by atoms with E-state index in [1.165, 1.54) is 7.11 Å². The molecule has 1 aromatic rings. The van der Waals surface area contributed by atoms with Crippen LogP contribution in [0.15, 0.2) is 42.5 Å². The molecule has 2 rings (SSSR count). The third-order valence-corrected chi connectivity index (χ3v) is 4.44. The maximum Gasteiger partial charge on any atom is 0.308 e. The van der Waals surface area contributed by atoms with Crippen LogP contribution < -0.4 is 0 Å². The molecule has 1 aromatic carbocycles. The minimum atomic E-state index is -0.216. The first-order valence-corrected chi connectivity index (χ1v) is 9.29. The van der Waals surface area contributed by atoms with E-state index in [0.717, 1.165) is 31.2 Å². The first-order chi connectivity index (χ1) is 12.7. The van der Waals surface area contributed by atoms with Gasteiger partial charge in [-0.1, -0.05) is 42.5 Å². The predicted octanol–water partition coefficient (Wildman–Crippen LogP) is 4.01. The van der Waals surface area contributed by atoms with Gasteiger partial charge in [-0.15, -0.1) is 0 Å². The Morgan fingerprint density at radius 1 is 1.27 bits per heavy atom. The summed E-state index contributed by atoms with van der Waals surface area (Å²) in [6, 6.07) is 10.0. The van der Waals surface area contributed by atoms with Crippen LogP contribution in [0.2, 0.25) is 0 Å². The Bertz CT molecular complexity index is 543. The average molecular weight is 362 g/mol. The Morgan fingerprint density at radius 2 is 2.04 bits per heavy atom. The fourth-order valence-electron chi connectivity index (χ4n) is 3.12. The van der Waals surface area contributed by atoms with Gasteiger partial charge in [0.1, 0.15) is 6.79 Å². The molecule has 1 aliphatic heterocycles. The fourth-order valence-corrected chi connectivity index (χ4v) is 3.12. The lowest BCUT2D eigenvalue weighted by molar-refractivity contribution is -0.148. The van der Waals surface area contributed by atoms with Crippen molar-refractivity contribution in [3.05, 3.63) is 48.0 Å². The lowest BCUT2D eigenvalue weighted by Gasteiger charge is -2.31. The van der Waals surface area contributed by atoms with Gasteiger partial charge in [0, 0.05) is 6.42 Å². The largest absolute Gasteiger partial charge is 0.469 e. The number of esters is 1. The van der Waals surface area contributed by atoms with E-state index in [4.69, 9.17) is 18.9 Å². The number of hydrogen-bond donors (Lipinski definition) is 0. The van der Waals surface area contributed by atoms with Crippen molar-refractivity contribution >= 4 is 5.97 Å². The molecular formula is C21H30O5. The van der Waals surface area contributed by atoms with Crippen LogP contribution in [0.25, 0.3) is 0 Å². The van der Waals surface area contributed by atoms with Crippen LogP contribution in [0.4, 0.5) is 0 Å². The zero-order chi connectivity index (χ0) is 18.6. The minimum absolute atomic E-state index is 0.0539. The second kappa shape index (κ2) is 11.8. The van der Waals surface area contributed by atoms with Gasteiger partial charge in [-0.25, -0.2) is 0 Å². The highest BCUT2D eigenvalue weighted by molar-refractivity contribution is 5.69. The summed E-state index contributed by atoms with van der Waals surface area (Å²) in [6.45, 7) is 2.75. The van der Waals surface area contributed by atoms with Crippen molar-refractivity contribution in [3.8, 4) is 0 Å². The maximum absolute atomic E-state index is 11.4. The number of benzene rings is 1. The van der Waals surface area contributed by atoms with Crippen molar-refractivity contribution in [3.63, 3.8) is 0 Å². The van der Waals surface area contributed by atoms with E-state index in [9.17, 15) is 4.79 Å². The smallest absolute Gasteiger partial charge is 0.308 e. The molecule has 5 nitrogen and oxygen atoms in total. The molecular weight excluding hydrogens is 332 g/mol. The molecule has 144 valence electrons. The number of carbonyl (C=O) groups excluding carboxylic acids is 1. The van der Waals surface area contributed by atoms with Crippen LogP contribution in [0.5, 0.6) is 0 Å². The summed E-state index contributed by atoms with van der Waals surface area (Å²) >= 11 is 0. The summed E-state index contributed by atoms with van der Waals surface area (Å²) < 4.78 is 22.3. The number of hydrogen-bond acceptors (Lipinski definition) is 5. The number of methoxy groups -OCH3 is 1. The second-order valence-electron chi connectivity index (χ2n) is 6.51. The number of carbonyl (C=O) groups is 1. The predicted molar refractivity (Wildman–Crippen MR) is 99.5 cm³/mol. The van der Waals surface area contributed by atoms with Gasteiger partial charge in [0.15, 0.2) is 0 Å². The molecule has 0 spiro atoms. The van der Waals surface area contributed by atoms with Crippen LogP contribution >= 0.6 is 0 Å². The minimum Gasteiger partial charge on any atom is -0.469 e. The summed E-state index contributed by atoms with van der Waals surface area (Å²) in [5.41, 5.74) is 1.12. The highest BCUT2D eigenvalue weighted by Crippen LogP contribution is 2.25. The van der Waals surface area contributed by atoms with E-state index in [2.05, 4.69) is 0 Å². The van der Waals surface area contributed by atoms with Gasteiger partial charge in [0.25, 0.3) is 0 Å². The van der Waals surface area contributed by atoms with Gasteiger partial charge in [0.2, 0.25) is 0 Å². The van der Waals surface area contributed by atoms with Crippen LogP contribution in [0, 0.1) is 0 Å². The highest BCUT2D eigenvalue weighted by Gasteiger charge is 2.26. The third kappa shape index (κ3) is 7.68. The summed E-state index contributed by atoms with van der Waals surface area (Å²) in [7, 11) is 1.41. The Labute approximate surface area is 156 Å². The summed E-state index contributed by atoms with van der Waals surface area (Å²) in [5, 5.41) is 0. The van der Waals surface area contributed by atoms with Gasteiger partial charge < -0.3 is 18.9 Å². The van der Waals surface area contributed by atoms with E-state index >= 15 is 0 Å². The monoisotopic (exact) mass is 362 g/mol. The molecule has 0 aliphatic carbocycles. The molecule has 0 aromatic heterocycles. The highest BCUT2D eigenvalue weighted by atomic mass is 16.7. The average Bonchev–Trinajstić information content (AvgIpc) is 2.66. The fraction of sp³-hybridized carbons (Fsp3) is 0.571. The summed E-state index contributed by atoms with van der Waals surface area (Å²) in [5.74, 6) is -0.216. The molecule has 1 saturated heterocycles. The van der Waals surface area contributed by atoms with Crippen molar-refractivity contribution < 1.29 is 23.7 Å². The Morgan fingerprint density at radius 3 is 2.77 bits per heavy atom. The molecule has 0 radical (unpaired) electrons. The molecule has 3 atom stereocenters. The Balaban J connectivity index is 1.73. The van der Waals surface area contributed by atoms with Gasteiger partial charge in [0.05, 0.1) is 38.4 Å². The second-order valence-corrected chi connectivity index (χ2v) is 6.51. The zero-order valence-electron chi connectivity index (χ0n) is 15.8. The first-order valence-electron chi connectivity index (χ1n) is 9.29. The number of ether oxygens (including phenoxy) is 4. The molecule has 0 unspecified atom stereocenters. The van der Waals surface area contributed by atoms with E-state index in [0.29, 0.717) is 13.0 Å². The van der Waals surface area contributed by atoms with Crippen molar-refractivity contribution in [2.24, 2.45) is 0 Å². The lowest BCUT2D eigenvalue weighted by Crippen LogP contribution is -2.32. The summed E-state index contributed by atoms with van der Waals surface area (Å²) in [6.07, 6.45) is 8.02. The standard InChI is InChI=1S/C21H30O5/c1-3-8-18(25-16-24-15-17-9-5-4-6-10-17)13-19-11-7-12-20(26-19)14-21(22)23-2/h3-6,8-10,18-20H,7,11-16H2,1-2H3/b8-3+/t18-,19+,20+/m0/s1. The van der Waals surface area contributed by atoms with E-state index in [-0.39, 0.29) is 31.1 Å². The van der Waals surface area contributed by atoms with Crippen LogP contribution in [0.3, 0.4) is 0 Å². The van der Waals surface area contributed by atoms with Gasteiger partial charge in [-0.3, -0.25) is 4.79 Å². The molecule has 1 aliphatic rings. The van der Waals surface area contributed by atoms with Crippen LogP contribution in [-0.2, 0) is 30.3 Å². The number of allylic oxidation sites excluding steroid dienone is 1. The summed E-state index contributed by atoms with van der Waals surface area (Å²) in [4.78, 5) is 11.4. The molecule has 5 heteroatoms. The van der Waals surface area contributed by atoms with Gasteiger partial charge in [-0.05, 0) is 31.7 Å². The molecule has 0 amide bonds. The van der Waals surface area contributed by atoms with Crippen molar-refractivity contribution in [2.75, 3.05) is 13.9 Å². The van der Waals surface area contributed by atoms with Gasteiger partial charge in [-0.2, -0.15) is 0 Å². The van der Waals surface area contributed by atoms with Crippen molar-refractivity contribution in [1.82, 2.24) is 0 Å². The zero-order valence-corrected chi connectivity index (χ0v) is 15.8. The SMILES string of the molecule is C/C=C/[C@@H](C[C@H]1CCC[C@H](CC(=O)OC)O1)OCOCc1ccccc1. The normalized spacial score (nSPS) is 21.6. The van der Waals surface area contributed by atoms with Crippen molar-refractivity contribution in [1.29, 1.82) is 0 Å². The maximum atomic E-state index is 11.4. The van der Waals surface area contributed by atoms with Gasteiger partial charge >= 0.3 is 5.97 Å². The third-order valence-electron chi connectivity index (χ3n) is 4.44. The molecule has 1 fully saturated rings. The van der Waals surface area contributed by atoms with Crippen molar-refractivity contribution in [2.45, 2.75) is 63.9 Å². The van der Waals surface area contributed by atoms with E-state index < -0.39 is 0 Å². The lowest BCUT2D eigenvalue weighted by atomic mass is 9.98. The Hall–Kier alpha value is -1.69. The quantitative estimate of drug-likeness (QED) is 0.272. The first kappa shape index (κ1) is 20.6. The molecule has 0 bridgehead atoms. The van der Waals surface area contributed by atoms with E-state index in [1.807, 2.05) is 49.4 Å². The molecule has 0 N–H and O–H groups in total. The number of rotatable bonds is 10. The van der Waals surface area contributed by atoms with E-state index in [1.54, 1.807) is 0 Å². The van der Waals surface area contributed by atoms with Crippen LogP contribution in [0.1, 0.15) is 44.6 Å². The molecule has 1 heterocycles. The topological polar surface area (TPSA) is 54.0 Å². The molecule has 26 heavy (non-hydrogen) atoms. The molecule has 0 saturated carbocycles.